The Labute approximate surface area is 317 Å². The molecule has 0 amide bonds. The Morgan fingerprint density at radius 2 is 0.647 bits per heavy atom. The Hall–Kier alpha value is -1.59. The summed E-state index contributed by atoms with van der Waals surface area (Å²) in [6.45, 7) is 11.2. The van der Waals surface area contributed by atoms with Gasteiger partial charge in [-0.25, -0.2) is 0 Å². The molecule has 0 heterocycles. The number of hydrogen-bond donors (Lipinski definition) is 0. The number of carbonyl (C=O) groups excluding carboxylic acids is 3. The Balaban J connectivity index is 4.33. The fourth-order valence-corrected chi connectivity index (χ4v) is 6.58. The highest BCUT2D eigenvalue weighted by molar-refractivity contribution is 5.71. The molecule has 0 unspecified atom stereocenters. The van der Waals surface area contributed by atoms with Gasteiger partial charge < -0.3 is 14.2 Å². The summed E-state index contributed by atoms with van der Waals surface area (Å²) in [6.07, 6.45) is 35.3. The highest BCUT2D eigenvalue weighted by Gasteiger charge is 2.19. The maximum absolute atomic E-state index is 12.7. The predicted molar refractivity (Wildman–Crippen MR) is 215 cm³/mol. The molecule has 0 saturated carbocycles. The number of hydrogen-bond acceptors (Lipinski definition) is 6. The molecule has 0 aliphatic heterocycles. The third kappa shape index (κ3) is 39.5. The van der Waals surface area contributed by atoms with E-state index in [9.17, 15) is 14.4 Å². The third-order valence-electron chi connectivity index (χ3n) is 9.97. The monoisotopic (exact) mass is 723 g/mol. The van der Waals surface area contributed by atoms with E-state index in [0.29, 0.717) is 19.3 Å². The first-order chi connectivity index (χ1) is 24.7. The van der Waals surface area contributed by atoms with Crippen LogP contribution in [0, 0.1) is 11.8 Å². The summed E-state index contributed by atoms with van der Waals surface area (Å²) >= 11 is 0. The molecule has 0 bridgehead atoms. The smallest absolute Gasteiger partial charge is 0.306 e. The minimum absolute atomic E-state index is 0.0660. The lowest BCUT2D eigenvalue weighted by atomic mass is 10.0. The van der Waals surface area contributed by atoms with Gasteiger partial charge in [-0.15, -0.1) is 0 Å². The van der Waals surface area contributed by atoms with E-state index in [4.69, 9.17) is 14.2 Å². The van der Waals surface area contributed by atoms with Crippen molar-refractivity contribution in [2.24, 2.45) is 11.8 Å². The summed E-state index contributed by atoms with van der Waals surface area (Å²) < 4.78 is 16.7. The lowest BCUT2D eigenvalue weighted by Crippen LogP contribution is -2.30. The van der Waals surface area contributed by atoms with Gasteiger partial charge in [0.2, 0.25) is 0 Å². The van der Waals surface area contributed by atoms with Crippen LogP contribution in [0.3, 0.4) is 0 Å². The first-order valence-corrected chi connectivity index (χ1v) is 22.2. The zero-order chi connectivity index (χ0) is 37.6. The van der Waals surface area contributed by atoms with Crippen LogP contribution in [-0.4, -0.2) is 37.2 Å². The van der Waals surface area contributed by atoms with E-state index in [1.54, 1.807) is 0 Å². The summed E-state index contributed by atoms with van der Waals surface area (Å²) in [7, 11) is 0. The van der Waals surface area contributed by atoms with Crippen LogP contribution < -0.4 is 0 Å². The molecule has 0 aliphatic carbocycles. The Morgan fingerprint density at radius 1 is 0.373 bits per heavy atom. The first-order valence-electron chi connectivity index (χ1n) is 22.2. The predicted octanol–water partition coefficient (Wildman–Crippen LogP) is 13.8. The van der Waals surface area contributed by atoms with E-state index < -0.39 is 6.10 Å². The number of carbonyl (C=O) groups is 3. The van der Waals surface area contributed by atoms with Crippen molar-refractivity contribution in [2.45, 2.75) is 246 Å². The van der Waals surface area contributed by atoms with Gasteiger partial charge in [0.25, 0.3) is 0 Å². The average molecular weight is 723 g/mol. The van der Waals surface area contributed by atoms with E-state index in [-0.39, 0.29) is 31.1 Å². The van der Waals surface area contributed by atoms with E-state index in [2.05, 4.69) is 34.6 Å². The molecule has 0 aromatic rings. The zero-order valence-corrected chi connectivity index (χ0v) is 34.7. The first kappa shape index (κ1) is 49.4. The topological polar surface area (TPSA) is 78.9 Å². The SMILES string of the molecule is CCCCCCCCCCCCCCCC(=O)OC[C@H](COC(=O)CCCCCCCCC(C)C)OC(=O)CCCCCCCCCCC(C)C. The average Bonchev–Trinajstić information content (AvgIpc) is 3.09. The molecule has 302 valence electrons. The van der Waals surface area contributed by atoms with Crippen molar-refractivity contribution in [1.82, 2.24) is 0 Å². The maximum Gasteiger partial charge on any atom is 0.306 e. The molecule has 0 N–H and O–H groups in total. The van der Waals surface area contributed by atoms with Gasteiger partial charge in [0.15, 0.2) is 6.10 Å². The van der Waals surface area contributed by atoms with Gasteiger partial charge in [0.1, 0.15) is 13.2 Å². The minimum Gasteiger partial charge on any atom is -0.462 e. The molecule has 0 spiro atoms. The van der Waals surface area contributed by atoms with Gasteiger partial charge in [0.05, 0.1) is 0 Å². The summed E-state index contributed by atoms with van der Waals surface area (Å²) in [6, 6.07) is 0. The van der Waals surface area contributed by atoms with E-state index in [1.165, 1.54) is 128 Å². The van der Waals surface area contributed by atoms with Crippen molar-refractivity contribution in [2.75, 3.05) is 13.2 Å². The van der Waals surface area contributed by atoms with Crippen molar-refractivity contribution in [3.8, 4) is 0 Å². The maximum atomic E-state index is 12.7. The molecule has 6 heteroatoms. The van der Waals surface area contributed by atoms with Crippen LogP contribution in [0.2, 0.25) is 0 Å². The Kier molecular flexibility index (Phi) is 37.0. The van der Waals surface area contributed by atoms with Crippen LogP contribution in [0.15, 0.2) is 0 Å². The Morgan fingerprint density at radius 3 is 0.961 bits per heavy atom. The molecule has 6 nitrogen and oxygen atoms in total. The van der Waals surface area contributed by atoms with E-state index in [1.807, 2.05) is 0 Å². The fraction of sp³-hybridized carbons (Fsp3) is 0.933. The van der Waals surface area contributed by atoms with Crippen LogP contribution in [0.1, 0.15) is 240 Å². The lowest BCUT2D eigenvalue weighted by Gasteiger charge is -2.18. The number of rotatable bonds is 39. The van der Waals surface area contributed by atoms with Crippen molar-refractivity contribution in [3.63, 3.8) is 0 Å². The highest BCUT2D eigenvalue weighted by Crippen LogP contribution is 2.16. The molecular weight excluding hydrogens is 636 g/mol. The van der Waals surface area contributed by atoms with Gasteiger partial charge >= 0.3 is 17.9 Å². The number of ether oxygens (including phenoxy) is 3. The van der Waals surface area contributed by atoms with Crippen LogP contribution >= 0.6 is 0 Å². The van der Waals surface area contributed by atoms with Crippen molar-refractivity contribution < 1.29 is 28.6 Å². The normalized spacial score (nSPS) is 12.1. The molecule has 51 heavy (non-hydrogen) atoms. The van der Waals surface area contributed by atoms with Gasteiger partial charge in [-0.1, -0.05) is 202 Å². The van der Waals surface area contributed by atoms with Crippen molar-refractivity contribution >= 4 is 17.9 Å². The van der Waals surface area contributed by atoms with Gasteiger partial charge in [0, 0.05) is 19.3 Å². The second-order valence-corrected chi connectivity index (χ2v) is 16.3. The summed E-state index contributed by atoms with van der Waals surface area (Å²) in [4.78, 5) is 37.6. The van der Waals surface area contributed by atoms with Crippen LogP contribution in [0.4, 0.5) is 0 Å². The standard InChI is InChI=1S/C45H86O6/c1-6-7-8-9-10-11-12-13-14-15-19-25-30-35-43(46)49-38-42(39-50-44(47)36-31-26-22-21-24-29-34-41(4)5)51-45(48)37-32-27-20-17-16-18-23-28-33-40(2)3/h40-42H,6-39H2,1-5H3/t42-/m1/s1. The quantitative estimate of drug-likeness (QED) is 0.0357. The molecule has 0 fully saturated rings. The number of esters is 3. The largest absolute Gasteiger partial charge is 0.462 e. The van der Waals surface area contributed by atoms with Gasteiger partial charge in [-0.2, -0.15) is 0 Å². The van der Waals surface area contributed by atoms with Gasteiger partial charge in [-0.05, 0) is 31.1 Å². The molecule has 1 atom stereocenters. The second-order valence-electron chi connectivity index (χ2n) is 16.3. The fourth-order valence-electron chi connectivity index (χ4n) is 6.58. The van der Waals surface area contributed by atoms with Crippen LogP contribution in [0.25, 0.3) is 0 Å². The molecule has 0 aliphatic rings. The van der Waals surface area contributed by atoms with Crippen molar-refractivity contribution in [1.29, 1.82) is 0 Å². The molecule has 0 rings (SSSR count). The summed E-state index contributed by atoms with van der Waals surface area (Å²) in [5.41, 5.74) is 0. The minimum atomic E-state index is -0.760. The summed E-state index contributed by atoms with van der Waals surface area (Å²) in [5, 5.41) is 0. The number of unbranched alkanes of at least 4 members (excludes halogenated alkanes) is 24. The molecule has 0 aromatic heterocycles. The highest BCUT2D eigenvalue weighted by atomic mass is 16.6. The lowest BCUT2D eigenvalue weighted by molar-refractivity contribution is -0.167. The molecule has 0 aromatic carbocycles. The van der Waals surface area contributed by atoms with Crippen LogP contribution in [-0.2, 0) is 28.6 Å². The molecular formula is C45H86O6. The zero-order valence-electron chi connectivity index (χ0n) is 34.7. The second kappa shape index (κ2) is 38.1. The third-order valence-corrected chi connectivity index (χ3v) is 9.97. The molecule has 0 radical (unpaired) electrons. The molecule has 0 saturated heterocycles. The van der Waals surface area contributed by atoms with E-state index in [0.717, 1.165) is 69.6 Å². The van der Waals surface area contributed by atoms with Gasteiger partial charge in [-0.3, -0.25) is 14.4 Å². The summed E-state index contributed by atoms with van der Waals surface area (Å²) in [5.74, 6) is 0.692. The van der Waals surface area contributed by atoms with Crippen molar-refractivity contribution in [3.05, 3.63) is 0 Å². The van der Waals surface area contributed by atoms with Crippen LogP contribution in [0.5, 0.6) is 0 Å². The Bertz CT molecular complexity index is 779. The van der Waals surface area contributed by atoms with E-state index >= 15 is 0 Å².